The fraction of sp³-hybridized carbons (Fsp3) is 0.625. The lowest BCUT2D eigenvalue weighted by Gasteiger charge is -2.06. The minimum Gasteiger partial charge on any atom is -0.464 e. The fourth-order valence-electron chi connectivity index (χ4n) is 0.704. The lowest BCUT2D eigenvalue weighted by molar-refractivity contribution is -0.143. The van der Waals surface area contributed by atoms with E-state index in [0.29, 0.717) is 0 Å². The molecule has 0 heterocycles. The molecule has 0 atom stereocenters. The quantitative estimate of drug-likeness (QED) is 0.374. The summed E-state index contributed by atoms with van der Waals surface area (Å²) >= 11 is 0. The number of carbonyl (C=O) groups excluding carboxylic acids is 3. The summed E-state index contributed by atoms with van der Waals surface area (Å²) in [7, 11) is 0. The first kappa shape index (κ1) is 15.0. The predicted molar refractivity (Wildman–Crippen MR) is 54.6 cm³/mol. The highest BCUT2D eigenvalue weighted by Gasteiger charge is 2.05. The van der Waals surface area contributed by atoms with E-state index in [1.54, 1.807) is 0 Å². The zero-order valence-electron chi connectivity index (χ0n) is 9.14. The number of hydrogen-bond acceptors (Lipinski definition) is 7. The second-order valence-electron chi connectivity index (χ2n) is 2.70. The molecular formula is C8H15N3O6. The van der Waals surface area contributed by atoms with E-state index in [0.717, 1.165) is 0 Å². The highest BCUT2D eigenvalue weighted by molar-refractivity contribution is 5.71. The van der Waals surface area contributed by atoms with E-state index in [1.165, 1.54) is 0 Å². The Morgan fingerprint density at radius 3 is 2.41 bits per heavy atom. The Balaban J connectivity index is 3.44. The Bertz CT molecular complexity index is 270. The van der Waals surface area contributed by atoms with Crippen LogP contribution in [0.2, 0.25) is 0 Å². The van der Waals surface area contributed by atoms with E-state index in [2.05, 4.69) is 25.3 Å². The maximum Gasteiger partial charge on any atom is 0.410 e. The van der Waals surface area contributed by atoms with Gasteiger partial charge in [-0.3, -0.25) is 4.79 Å². The molecule has 0 aliphatic rings. The maximum absolute atomic E-state index is 10.9. The van der Waals surface area contributed by atoms with Crippen molar-refractivity contribution >= 4 is 18.2 Å². The summed E-state index contributed by atoms with van der Waals surface area (Å²) in [6.07, 6.45) is -1.90. The van der Waals surface area contributed by atoms with Crippen LogP contribution in [0.25, 0.3) is 0 Å². The molecular weight excluding hydrogens is 234 g/mol. The van der Waals surface area contributed by atoms with E-state index >= 15 is 0 Å². The Labute approximate surface area is 97.3 Å². The second-order valence-corrected chi connectivity index (χ2v) is 2.70. The van der Waals surface area contributed by atoms with Crippen LogP contribution in [0.1, 0.15) is 6.42 Å². The zero-order valence-corrected chi connectivity index (χ0v) is 9.14. The van der Waals surface area contributed by atoms with Gasteiger partial charge in [-0.25, -0.2) is 9.59 Å². The molecule has 0 unspecified atom stereocenters. The van der Waals surface area contributed by atoms with E-state index < -0.39 is 24.9 Å². The molecule has 2 amide bonds. The first-order valence-corrected chi connectivity index (χ1v) is 4.74. The molecule has 0 aromatic carbocycles. The third kappa shape index (κ3) is 10.3. The van der Waals surface area contributed by atoms with Crippen molar-refractivity contribution in [1.82, 2.24) is 5.32 Å². The Hall–Kier alpha value is -2.03. The maximum atomic E-state index is 10.9. The van der Waals surface area contributed by atoms with Crippen molar-refractivity contribution in [1.29, 1.82) is 0 Å². The monoisotopic (exact) mass is 249 g/mol. The van der Waals surface area contributed by atoms with Crippen LogP contribution in [-0.2, 0) is 19.0 Å². The molecule has 0 radical (unpaired) electrons. The van der Waals surface area contributed by atoms with Crippen LogP contribution in [0, 0.1) is 0 Å². The summed E-state index contributed by atoms with van der Waals surface area (Å²) in [5.74, 6) is -0.482. The number of alkyl carbamates (subject to hydrolysis) is 1. The zero-order chi connectivity index (χ0) is 13.1. The van der Waals surface area contributed by atoms with Crippen molar-refractivity contribution in [2.75, 3.05) is 26.5 Å². The molecule has 0 aromatic rings. The largest absolute Gasteiger partial charge is 0.464 e. The van der Waals surface area contributed by atoms with Gasteiger partial charge in [-0.15, -0.1) is 0 Å². The number of rotatable bonds is 7. The van der Waals surface area contributed by atoms with Crippen molar-refractivity contribution in [2.24, 2.45) is 11.5 Å². The first-order chi connectivity index (χ1) is 8.06. The lowest BCUT2D eigenvalue weighted by Crippen LogP contribution is -2.29. The molecule has 0 saturated heterocycles. The normalized spacial score (nSPS) is 9.24. The van der Waals surface area contributed by atoms with Crippen LogP contribution in [-0.4, -0.2) is 44.6 Å². The van der Waals surface area contributed by atoms with Crippen LogP contribution in [0.15, 0.2) is 0 Å². The van der Waals surface area contributed by atoms with Crippen LogP contribution in [0.5, 0.6) is 0 Å². The van der Waals surface area contributed by atoms with E-state index in [9.17, 15) is 14.4 Å². The number of hydrogen-bond donors (Lipinski definition) is 3. The molecule has 5 N–H and O–H groups in total. The minimum atomic E-state index is -1.05. The molecule has 0 spiro atoms. The number of esters is 1. The van der Waals surface area contributed by atoms with Gasteiger partial charge in [0.25, 0.3) is 0 Å². The van der Waals surface area contributed by atoms with Gasteiger partial charge in [0.2, 0.25) is 6.79 Å². The van der Waals surface area contributed by atoms with Crippen LogP contribution >= 0.6 is 0 Å². The SMILES string of the molecule is NCCOC(=O)CCNC(=O)OCOC(N)=O. The molecule has 98 valence electrons. The Morgan fingerprint density at radius 2 is 1.82 bits per heavy atom. The Morgan fingerprint density at radius 1 is 1.12 bits per heavy atom. The number of amides is 2. The molecule has 9 nitrogen and oxygen atoms in total. The molecule has 0 fully saturated rings. The van der Waals surface area contributed by atoms with E-state index in [4.69, 9.17) is 5.73 Å². The minimum absolute atomic E-state index is 0.00816. The highest BCUT2D eigenvalue weighted by Crippen LogP contribution is 1.86. The van der Waals surface area contributed by atoms with Gasteiger partial charge in [0.05, 0.1) is 6.42 Å². The predicted octanol–water partition coefficient (Wildman–Crippen LogP) is -1.34. The molecule has 0 aromatic heterocycles. The molecule has 0 bridgehead atoms. The van der Waals surface area contributed by atoms with Gasteiger partial charge in [-0.2, -0.15) is 0 Å². The van der Waals surface area contributed by atoms with Crippen molar-refractivity contribution in [3.8, 4) is 0 Å². The third-order valence-electron chi connectivity index (χ3n) is 1.37. The van der Waals surface area contributed by atoms with Crippen LogP contribution < -0.4 is 16.8 Å². The molecule has 0 rings (SSSR count). The van der Waals surface area contributed by atoms with Gasteiger partial charge in [0.15, 0.2) is 0 Å². The summed E-state index contributed by atoms with van der Waals surface area (Å²) in [5.41, 5.74) is 9.74. The fourth-order valence-corrected chi connectivity index (χ4v) is 0.704. The number of ether oxygens (including phenoxy) is 3. The summed E-state index contributed by atoms with van der Waals surface area (Å²) in [6, 6.07) is 0. The smallest absolute Gasteiger partial charge is 0.410 e. The van der Waals surface area contributed by atoms with Gasteiger partial charge in [-0.1, -0.05) is 0 Å². The summed E-state index contributed by atoms with van der Waals surface area (Å²) in [5, 5.41) is 2.24. The number of nitrogens with two attached hydrogens (primary N) is 2. The molecule has 0 aliphatic carbocycles. The first-order valence-electron chi connectivity index (χ1n) is 4.74. The molecule has 9 heteroatoms. The van der Waals surface area contributed by atoms with Gasteiger partial charge in [-0.05, 0) is 0 Å². The van der Waals surface area contributed by atoms with Crippen molar-refractivity contribution in [2.45, 2.75) is 6.42 Å². The van der Waals surface area contributed by atoms with E-state index in [1.807, 2.05) is 0 Å². The summed E-state index contributed by atoms with van der Waals surface area (Å²) in [4.78, 5) is 31.9. The van der Waals surface area contributed by atoms with Gasteiger partial charge in [0, 0.05) is 13.1 Å². The summed E-state index contributed by atoms with van der Waals surface area (Å²) < 4.78 is 13.2. The average Bonchev–Trinajstić information content (AvgIpc) is 2.25. The van der Waals surface area contributed by atoms with Gasteiger partial charge in [0.1, 0.15) is 6.61 Å². The van der Waals surface area contributed by atoms with Crippen molar-refractivity contribution in [3.05, 3.63) is 0 Å². The number of carbonyl (C=O) groups is 3. The van der Waals surface area contributed by atoms with Crippen LogP contribution in [0.4, 0.5) is 9.59 Å². The lowest BCUT2D eigenvalue weighted by atomic mass is 10.4. The van der Waals surface area contributed by atoms with Crippen molar-refractivity contribution < 1.29 is 28.6 Å². The topological polar surface area (TPSA) is 143 Å². The van der Waals surface area contributed by atoms with Gasteiger partial charge < -0.3 is 31.0 Å². The van der Waals surface area contributed by atoms with Crippen molar-refractivity contribution in [3.63, 3.8) is 0 Å². The Kier molecular flexibility index (Phi) is 8.11. The number of nitrogens with one attached hydrogen (secondary N) is 1. The highest BCUT2D eigenvalue weighted by atomic mass is 16.7. The second kappa shape index (κ2) is 9.21. The molecule has 0 saturated carbocycles. The number of primary amides is 1. The standard InChI is InChI=1S/C8H15N3O6/c9-2-4-15-6(12)1-3-11-8(14)17-5-16-7(10)13/h1-5,9H2,(H2,10,13)(H,11,14). The van der Waals surface area contributed by atoms with Crippen LogP contribution in [0.3, 0.4) is 0 Å². The summed E-state index contributed by atoms with van der Waals surface area (Å²) in [6.45, 7) is -0.168. The van der Waals surface area contributed by atoms with E-state index in [-0.39, 0.29) is 26.1 Å². The average molecular weight is 249 g/mol. The molecule has 17 heavy (non-hydrogen) atoms. The van der Waals surface area contributed by atoms with Gasteiger partial charge >= 0.3 is 18.2 Å². The third-order valence-corrected chi connectivity index (χ3v) is 1.37. The molecule has 0 aliphatic heterocycles.